The van der Waals surface area contributed by atoms with Crippen molar-refractivity contribution in [3.63, 3.8) is 0 Å². The predicted octanol–water partition coefficient (Wildman–Crippen LogP) is 7.96. The summed E-state index contributed by atoms with van der Waals surface area (Å²) in [7, 11) is 0. The summed E-state index contributed by atoms with van der Waals surface area (Å²) in [6, 6.07) is 11.4. The number of benzene rings is 1. The van der Waals surface area contributed by atoms with Crippen LogP contribution in [-0.4, -0.2) is 15.0 Å². The van der Waals surface area contributed by atoms with Crippen LogP contribution < -0.4 is 0 Å². The maximum Gasteiger partial charge on any atom is 0.106 e. The highest BCUT2D eigenvalue weighted by Crippen LogP contribution is 2.51. The SMILES string of the molecule is CCCC1=C(c2sccc2CC)C(n2nnc(C3CCCCCC3)c2C)c2ccccc21. The van der Waals surface area contributed by atoms with E-state index in [0.29, 0.717) is 5.92 Å². The van der Waals surface area contributed by atoms with E-state index in [2.05, 4.69) is 61.2 Å². The lowest BCUT2D eigenvalue weighted by Gasteiger charge is -2.20. The normalized spacial score (nSPS) is 19.4. The van der Waals surface area contributed by atoms with Gasteiger partial charge in [0, 0.05) is 16.4 Å². The van der Waals surface area contributed by atoms with Crippen molar-refractivity contribution < 1.29 is 0 Å². The van der Waals surface area contributed by atoms with Crippen molar-refractivity contribution in [1.82, 2.24) is 15.0 Å². The van der Waals surface area contributed by atoms with Crippen molar-refractivity contribution in [2.45, 2.75) is 90.5 Å². The summed E-state index contributed by atoms with van der Waals surface area (Å²) >= 11 is 1.89. The van der Waals surface area contributed by atoms with Crippen molar-refractivity contribution in [2.24, 2.45) is 0 Å². The largest absolute Gasteiger partial charge is 0.237 e. The number of aryl methyl sites for hydroxylation is 1. The summed E-state index contributed by atoms with van der Waals surface area (Å²) in [4.78, 5) is 1.45. The Morgan fingerprint density at radius 3 is 2.56 bits per heavy atom. The summed E-state index contributed by atoms with van der Waals surface area (Å²) in [6.07, 6.45) is 11.2. The fourth-order valence-corrected chi connectivity index (χ4v) is 6.98. The third kappa shape index (κ3) is 3.67. The molecule has 0 amide bonds. The molecule has 0 spiro atoms. The van der Waals surface area contributed by atoms with Crippen LogP contribution in [0.25, 0.3) is 11.1 Å². The number of nitrogens with zero attached hydrogens (tertiary/aromatic N) is 3. The molecule has 0 N–H and O–H groups in total. The second-order valence-electron chi connectivity index (χ2n) is 9.45. The van der Waals surface area contributed by atoms with Gasteiger partial charge in [0.1, 0.15) is 6.04 Å². The smallest absolute Gasteiger partial charge is 0.106 e. The highest BCUT2D eigenvalue weighted by molar-refractivity contribution is 7.11. The molecule has 3 aromatic rings. The Balaban J connectivity index is 1.66. The molecule has 2 aliphatic carbocycles. The predicted molar refractivity (Wildman–Crippen MR) is 135 cm³/mol. The van der Waals surface area contributed by atoms with E-state index in [1.807, 2.05) is 11.3 Å². The van der Waals surface area contributed by atoms with Crippen LogP contribution in [-0.2, 0) is 6.42 Å². The first-order valence-corrected chi connectivity index (χ1v) is 13.4. The summed E-state index contributed by atoms with van der Waals surface area (Å²) < 4.78 is 2.26. The maximum atomic E-state index is 4.85. The van der Waals surface area contributed by atoms with Gasteiger partial charge in [-0.1, -0.05) is 75.4 Å². The van der Waals surface area contributed by atoms with Gasteiger partial charge in [0.15, 0.2) is 0 Å². The van der Waals surface area contributed by atoms with E-state index in [0.717, 1.165) is 19.3 Å². The van der Waals surface area contributed by atoms with Gasteiger partial charge >= 0.3 is 0 Å². The number of allylic oxidation sites excluding steroid dienone is 2. The zero-order valence-corrected chi connectivity index (χ0v) is 20.5. The van der Waals surface area contributed by atoms with E-state index in [-0.39, 0.29) is 6.04 Å². The number of aromatic nitrogens is 3. The number of hydrogen-bond acceptors (Lipinski definition) is 3. The van der Waals surface area contributed by atoms with Crippen LogP contribution in [0.5, 0.6) is 0 Å². The Morgan fingerprint density at radius 1 is 1.03 bits per heavy atom. The zero-order chi connectivity index (χ0) is 22.1. The van der Waals surface area contributed by atoms with Crippen molar-refractivity contribution in [3.8, 4) is 0 Å². The highest BCUT2D eigenvalue weighted by Gasteiger charge is 2.36. The summed E-state index contributed by atoms with van der Waals surface area (Å²) in [6.45, 7) is 6.82. The van der Waals surface area contributed by atoms with E-state index in [1.54, 1.807) is 0 Å². The van der Waals surface area contributed by atoms with Crippen LogP contribution in [0.4, 0.5) is 0 Å². The average Bonchev–Trinajstić information content (AvgIpc) is 3.44. The summed E-state index contributed by atoms with van der Waals surface area (Å²) in [5.41, 5.74) is 9.75. The molecule has 168 valence electrons. The first kappa shape index (κ1) is 21.6. The van der Waals surface area contributed by atoms with Crippen molar-refractivity contribution >= 4 is 22.5 Å². The van der Waals surface area contributed by atoms with Crippen molar-refractivity contribution in [1.29, 1.82) is 0 Å². The van der Waals surface area contributed by atoms with Gasteiger partial charge in [0.25, 0.3) is 0 Å². The third-order valence-corrected chi connectivity index (χ3v) is 8.49. The molecule has 1 fully saturated rings. The molecular formula is C28H35N3S. The van der Waals surface area contributed by atoms with Gasteiger partial charge in [-0.3, -0.25) is 0 Å². The molecule has 2 aromatic heterocycles. The van der Waals surface area contributed by atoms with E-state index < -0.39 is 0 Å². The lowest BCUT2D eigenvalue weighted by molar-refractivity contribution is 0.573. The molecule has 1 saturated carbocycles. The second-order valence-corrected chi connectivity index (χ2v) is 10.4. The molecule has 3 nitrogen and oxygen atoms in total. The topological polar surface area (TPSA) is 30.7 Å². The lowest BCUT2D eigenvalue weighted by atomic mass is 9.94. The van der Waals surface area contributed by atoms with Crippen molar-refractivity contribution in [3.05, 3.63) is 68.7 Å². The van der Waals surface area contributed by atoms with Gasteiger partial charge in [-0.15, -0.1) is 16.4 Å². The molecule has 32 heavy (non-hydrogen) atoms. The van der Waals surface area contributed by atoms with Crippen LogP contribution in [0.1, 0.15) is 110 Å². The minimum Gasteiger partial charge on any atom is -0.237 e. The molecule has 0 bridgehead atoms. The number of hydrogen-bond donors (Lipinski definition) is 0. The molecule has 2 aliphatic rings. The van der Waals surface area contributed by atoms with E-state index in [9.17, 15) is 0 Å². The van der Waals surface area contributed by atoms with E-state index >= 15 is 0 Å². The molecule has 1 unspecified atom stereocenters. The maximum absolute atomic E-state index is 4.85. The van der Waals surface area contributed by atoms with Crippen LogP contribution in [0.2, 0.25) is 0 Å². The Kier molecular flexibility index (Phi) is 6.32. The Bertz CT molecular complexity index is 1110. The first-order valence-electron chi connectivity index (χ1n) is 12.5. The Labute approximate surface area is 196 Å². The minimum atomic E-state index is 0.128. The van der Waals surface area contributed by atoms with E-state index in [1.165, 1.54) is 82.6 Å². The Hall–Kier alpha value is -2.20. The summed E-state index contributed by atoms with van der Waals surface area (Å²) in [5, 5.41) is 11.9. The van der Waals surface area contributed by atoms with Gasteiger partial charge in [-0.25, -0.2) is 4.68 Å². The standard InChI is InChI=1S/C28H35N3S/c1-4-12-23-22-15-10-11-16-24(22)27(25(23)28-20(5-2)17-18-32-28)31-19(3)26(29-30-31)21-13-8-6-7-9-14-21/h10-11,15-18,21,27H,4-9,12-14H2,1-3H3. The molecular weight excluding hydrogens is 410 g/mol. The van der Waals surface area contributed by atoms with Gasteiger partial charge in [-0.2, -0.15) is 0 Å². The number of fused-ring (bicyclic) bond motifs is 1. The van der Waals surface area contributed by atoms with Crippen LogP contribution >= 0.6 is 11.3 Å². The molecule has 1 aromatic carbocycles. The fourth-order valence-electron chi connectivity index (χ4n) is 5.89. The van der Waals surface area contributed by atoms with Gasteiger partial charge in [0.05, 0.1) is 11.4 Å². The monoisotopic (exact) mass is 445 g/mol. The lowest BCUT2D eigenvalue weighted by Crippen LogP contribution is -2.14. The molecule has 0 aliphatic heterocycles. The molecule has 1 atom stereocenters. The zero-order valence-electron chi connectivity index (χ0n) is 19.7. The second kappa shape index (κ2) is 9.35. The molecule has 0 saturated heterocycles. The molecule has 0 radical (unpaired) electrons. The highest BCUT2D eigenvalue weighted by atomic mass is 32.1. The fraction of sp³-hybridized carbons (Fsp3) is 0.500. The van der Waals surface area contributed by atoms with Gasteiger partial charge in [0.2, 0.25) is 0 Å². The molecule has 5 rings (SSSR count). The van der Waals surface area contributed by atoms with Crippen molar-refractivity contribution in [2.75, 3.05) is 0 Å². The van der Waals surface area contributed by atoms with E-state index in [4.69, 9.17) is 10.3 Å². The average molecular weight is 446 g/mol. The van der Waals surface area contributed by atoms with Gasteiger partial charge in [-0.05, 0) is 66.3 Å². The summed E-state index contributed by atoms with van der Waals surface area (Å²) in [5.74, 6) is 0.568. The third-order valence-electron chi connectivity index (χ3n) is 7.50. The first-order chi connectivity index (χ1) is 15.7. The minimum absolute atomic E-state index is 0.128. The van der Waals surface area contributed by atoms with Crippen LogP contribution in [0.15, 0.2) is 35.7 Å². The molecule has 2 heterocycles. The van der Waals surface area contributed by atoms with Gasteiger partial charge < -0.3 is 0 Å². The van der Waals surface area contributed by atoms with Crippen LogP contribution in [0.3, 0.4) is 0 Å². The quantitative estimate of drug-likeness (QED) is 0.360. The number of thiophene rings is 1. The Morgan fingerprint density at radius 2 is 1.81 bits per heavy atom. The van der Waals surface area contributed by atoms with Crippen LogP contribution in [0, 0.1) is 6.92 Å². The molecule has 4 heteroatoms. The number of rotatable bonds is 6.